The summed E-state index contributed by atoms with van der Waals surface area (Å²) in [5.74, 6) is 0.723. The Labute approximate surface area is 142 Å². The van der Waals surface area contributed by atoms with Crippen molar-refractivity contribution in [2.24, 2.45) is 0 Å². The van der Waals surface area contributed by atoms with Crippen LogP contribution in [0, 0.1) is 27.7 Å². The largest absolute Gasteiger partial charge is 0.496 e. The van der Waals surface area contributed by atoms with Gasteiger partial charge in [-0.05, 0) is 69.5 Å². The van der Waals surface area contributed by atoms with E-state index >= 15 is 0 Å². The van der Waals surface area contributed by atoms with Crippen LogP contribution in [0.15, 0.2) is 23.1 Å². The second kappa shape index (κ2) is 6.63. The summed E-state index contributed by atoms with van der Waals surface area (Å²) in [6.45, 7) is 9.61. The van der Waals surface area contributed by atoms with Gasteiger partial charge in [-0.25, -0.2) is 13.1 Å². The fraction of sp³-hybridized carbons (Fsp3) is 0.412. The van der Waals surface area contributed by atoms with E-state index in [1.54, 1.807) is 30.6 Å². The molecule has 4 nitrogen and oxygen atoms in total. The molecule has 0 radical (unpaired) electrons. The summed E-state index contributed by atoms with van der Waals surface area (Å²) in [5.41, 5.74) is 2.64. The monoisotopic (exact) mass is 353 g/mol. The predicted molar refractivity (Wildman–Crippen MR) is 95.0 cm³/mol. The number of aryl methyl sites for hydroxylation is 4. The summed E-state index contributed by atoms with van der Waals surface area (Å²) < 4.78 is 33.5. The van der Waals surface area contributed by atoms with Gasteiger partial charge in [0, 0.05) is 15.8 Å². The highest BCUT2D eigenvalue weighted by Gasteiger charge is 2.22. The number of hydrogen-bond acceptors (Lipinski definition) is 4. The van der Waals surface area contributed by atoms with Crippen LogP contribution in [0.2, 0.25) is 0 Å². The van der Waals surface area contributed by atoms with Gasteiger partial charge in [0.05, 0.1) is 12.0 Å². The maximum Gasteiger partial charge on any atom is 0.241 e. The van der Waals surface area contributed by atoms with E-state index < -0.39 is 10.0 Å². The molecule has 1 unspecified atom stereocenters. The highest BCUT2D eigenvalue weighted by molar-refractivity contribution is 7.89. The highest BCUT2D eigenvalue weighted by atomic mass is 32.2. The highest BCUT2D eigenvalue weighted by Crippen LogP contribution is 2.29. The number of thiophene rings is 1. The van der Waals surface area contributed by atoms with Crippen molar-refractivity contribution < 1.29 is 13.2 Å². The van der Waals surface area contributed by atoms with Crippen LogP contribution in [0.1, 0.15) is 39.4 Å². The summed E-state index contributed by atoms with van der Waals surface area (Å²) in [7, 11) is -2.00. The average Bonchev–Trinajstić information content (AvgIpc) is 2.77. The molecule has 0 aliphatic heterocycles. The number of ether oxygens (including phenoxy) is 1. The van der Waals surface area contributed by atoms with Gasteiger partial charge >= 0.3 is 0 Å². The SMILES string of the molecule is COc1c(C)cc(S(=O)(=O)NC(C)c2cc(C)sc2C)cc1C. The molecule has 0 saturated heterocycles. The van der Waals surface area contributed by atoms with Gasteiger partial charge in [-0.15, -0.1) is 11.3 Å². The van der Waals surface area contributed by atoms with Gasteiger partial charge in [-0.1, -0.05) is 0 Å². The Kier molecular flexibility index (Phi) is 5.18. The van der Waals surface area contributed by atoms with E-state index in [9.17, 15) is 8.42 Å². The van der Waals surface area contributed by atoms with E-state index in [1.807, 2.05) is 40.7 Å². The number of methoxy groups -OCH3 is 1. The third kappa shape index (κ3) is 3.76. The molecule has 0 saturated carbocycles. The molecule has 2 rings (SSSR count). The zero-order valence-corrected chi connectivity index (χ0v) is 16.0. The van der Waals surface area contributed by atoms with Crippen LogP contribution in [0.25, 0.3) is 0 Å². The molecule has 1 aromatic heterocycles. The quantitative estimate of drug-likeness (QED) is 0.883. The first-order valence-corrected chi connectivity index (χ1v) is 9.70. The first-order chi connectivity index (χ1) is 10.7. The van der Waals surface area contributed by atoms with Gasteiger partial charge < -0.3 is 4.74 Å². The normalized spacial score (nSPS) is 13.1. The summed E-state index contributed by atoms with van der Waals surface area (Å²) in [4.78, 5) is 2.59. The maximum atomic E-state index is 12.7. The molecule has 0 aliphatic carbocycles. The summed E-state index contributed by atoms with van der Waals surface area (Å²) in [5, 5.41) is 0. The van der Waals surface area contributed by atoms with Crippen molar-refractivity contribution in [3.63, 3.8) is 0 Å². The number of benzene rings is 1. The standard InChI is InChI=1S/C17H23NO3S2/c1-10-7-15(8-11(2)17(10)21-6)23(19,20)18-13(4)16-9-12(3)22-14(16)5/h7-9,13,18H,1-6H3. The molecule has 6 heteroatoms. The Morgan fingerprint density at radius 3 is 2.09 bits per heavy atom. The molecule has 0 aliphatic rings. The predicted octanol–water partition coefficient (Wildman–Crippen LogP) is 4.03. The van der Waals surface area contributed by atoms with E-state index in [0.29, 0.717) is 0 Å². The Morgan fingerprint density at radius 1 is 1.09 bits per heavy atom. The van der Waals surface area contributed by atoms with Crippen molar-refractivity contribution in [2.45, 2.75) is 45.6 Å². The molecule has 1 heterocycles. The lowest BCUT2D eigenvalue weighted by molar-refractivity contribution is 0.408. The smallest absolute Gasteiger partial charge is 0.241 e. The van der Waals surface area contributed by atoms with E-state index in [4.69, 9.17) is 4.74 Å². The third-order valence-corrected chi connectivity index (χ3v) is 6.33. The first-order valence-electron chi connectivity index (χ1n) is 7.40. The zero-order chi connectivity index (χ0) is 17.4. The molecular formula is C17H23NO3S2. The lowest BCUT2D eigenvalue weighted by Gasteiger charge is -2.16. The van der Waals surface area contributed by atoms with Crippen molar-refractivity contribution >= 4 is 21.4 Å². The Bertz CT molecular complexity index is 799. The maximum absolute atomic E-state index is 12.7. The van der Waals surface area contributed by atoms with Crippen LogP contribution in [0.3, 0.4) is 0 Å². The number of hydrogen-bond donors (Lipinski definition) is 1. The van der Waals surface area contributed by atoms with Crippen LogP contribution in [-0.2, 0) is 10.0 Å². The fourth-order valence-corrected chi connectivity index (χ4v) is 5.25. The molecule has 0 amide bonds. The van der Waals surface area contributed by atoms with E-state index in [1.165, 1.54) is 4.88 Å². The van der Waals surface area contributed by atoms with E-state index in [-0.39, 0.29) is 10.9 Å². The summed E-state index contributed by atoms with van der Waals surface area (Å²) in [6, 6.07) is 5.06. The third-order valence-electron chi connectivity index (χ3n) is 3.83. The number of rotatable bonds is 5. The Hall–Kier alpha value is -1.37. The van der Waals surface area contributed by atoms with E-state index in [0.717, 1.165) is 27.3 Å². The van der Waals surface area contributed by atoms with Gasteiger partial charge in [0.2, 0.25) is 10.0 Å². The topological polar surface area (TPSA) is 55.4 Å². The molecule has 2 aromatic rings. The molecule has 0 fully saturated rings. The molecule has 0 bridgehead atoms. The lowest BCUT2D eigenvalue weighted by Crippen LogP contribution is -2.27. The van der Waals surface area contributed by atoms with Crippen LogP contribution < -0.4 is 9.46 Å². The average molecular weight is 354 g/mol. The minimum absolute atomic E-state index is 0.268. The van der Waals surface area contributed by atoms with Crippen LogP contribution in [0.4, 0.5) is 0 Å². The van der Waals surface area contributed by atoms with Gasteiger partial charge in [-0.3, -0.25) is 0 Å². The second-order valence-electron chi connectivity index (χ2n) is 5.80. The number of nitrogens with one attached hydrogen (secondary N) is 1. The fourth-order valence-electron chi connectivity index (χ4n) is 2.83. The zero-order valence-electron chi connectivity index (χ0n) is 14.4. The molecule has 1 atom stereocenters. The molecule has 1 N–H and O–H groups in total. The van der Waals surface area contributed by atoms with Crippen LogP contribution >= 0.6 is 11.3 Å². The van der Waals surface area contributed by atoms with Crippen molar-refractivity contribution in [1.29, 1.82) is 0 Å². The Balaban J connectivity index is 2.34. The molecule has 126 valence electrons. The van der Waals surface area contributed by atoms with Crippen LogP contribution in [-0.4, -0.2) is 15.5 Å². The lowest BCUT2D eigenvalue weighted by atomic mass is 10.1. The molecular weight excluding hydrogens is 330 g/mol. The van der Waals surface area contributed by atoms with E-state index in [2.05, 4.69) is 4.72 Å². The molecule has 0 spiro atoms. The second-order valence-corrected chi connectivity index (χ2v) is 8.98. The minimum atomic E-state index is -3.59. The Morgan fingerprint density at radius 2 is 1.65 bits per heavy atom. The molecule has 23 heavy (non-hydrogen) atoms. The van der Waals surface area contributed by atoms with Gasteiger partial charge in [0.15, 0.2) is 0 Å². The minimum Gasteiger partial charge on any atom is -0.496 e. The first kappa shape index (κ1) is 18.0. The van der Waals surface area contributed by atoms with Crippen molar-refractivity contribution in [3.05, 3.63) is 44.6 Å². The summed E-state index contributed by atoms with van der Waals surface area (Å²) >= 11 is 1.68. The van der Waals surface area contributed by atoms with Gasteiger partial charge in [0.25, 0.3) is 0 Å². The number of sulfonamides is 1. The van der Waals surface area contributed by atoms with Crippen molar-refractivity contribution in [2.75, 3.05) is 7.11 Å². The summed E-state index contributed by atoms with van der Waals surface area (Å²) in [6.07, 6.45) is 0. The van der Waals surface area contributed by atoms with Crippen LogP contribution in [0.5, 0.6) is 5.75 Å². The van der Waals surface area contributed by atoms with Crippen molar-refractivity contribution in [1.82, 2.24) is 4.72 Å². The molecule has 1 aromatic carbocycles. The van der Waals surface area contributed by atoms with Crippen molar-refractivity contribution in [3.8, 4) is 5.75 Å². The van der Waals surface area contributed by atoms with Gasteiger partial charge in [0.1, 0.15) is 5.75 Å². The van der Waals surface area contributed by atoms with Gasteiger partial charge in [-0.2, -0.15) is 0 Å².